The van der Waals surface area contributed by atoms with E-state index in [1.54, 1.807) is 0 Å². The number of nitrogens with two attached hydrogens (primary N) is 1. The molecule has 1 aromatic carbocycles. The number of piperidine rings is 1. The molecular formula is C13H18ClIN2O2. The molecule has 0 saturated carbocycles. The second kappa shape index (κ2) is 7.91. The number of rotatable bonds is 3. The number of likely N-dealkylation sites (tertiary alicyclic amines) is 1. The highest BCUT2D eigenvalue weighted by Crippen LogP contribution is 2.14. The lowest BCUT2D eigenvalue weighted by atomic mass is 10.1. The van der Waals surface area contributed by atoms with Crippen molar-refractivity contribution in [2.24, 2.45) is 5.73 Å². The number of halogens is 2. The minimum atomic E-state index is 0. The molecular weight excluding hydrogens is 379 g/mol. The fraction of sp³-hybridized carbons (Fsp3) is 0.462. The van der Waals surface area contributed by atoms with Crippen LogP contribution in [0.5, 0.6) is 5.75 Å². The number of hydrogen-bond donors (Lipinski definition) is 1. The maximum atomic E-state index is 11.9. The summed E-state index contributed by atoms with van der Waals surface area (Å²) < 4.78 is 6.63. The third-order valence-electron chi connectivity index (χ3n) is 3.07. The van der Waals surface area contributed by atoms with E-state index in [0.29, 0.717) is 0 Å². The number of nitrogens with zero attached hydrogens (tertiary/aromatic N) is 1. The average molecular weight is 397 g/mol. The minimum absolute atomic E-state index is 0. The molecule has 0 bridgehead atoms. The zero-order chi connectivity index (χ0) is 13.0. The van der Waals surface area contributed by atoms with Crippen LogP contribution in [0.15, 0.2) is 24.3 Å². The van der Waals surface area contributed by atoms with Gasteiger partial charge in [-0.1, -0.05) is 0 Å². The summed E-state index contributed by atoms with van der Waals surface area (Å²) in [4.78, 5) is 13.7. The van der Waals surface area contributed by atoms with Crippen LogP contribution in [-0.4, -0.2) is 36.5 Å². The van der Waals surface area contributed by atoms with Crippen molar-refractivity contribution in [3.63, 3.8) is 0 Å². The van der Waals surface area contributed by atoms with Crippen molar-refractivity contribution < 1.29 is 9.53 Å². The lowest BCUT2D eigenvalue weighted by molar-refractivity contribution is -0.134. The fourth-order valence-electron chi connectivity index (χ4n) is 1.92. The van der Waals surface area contributed by atoms with Crippen molar-refractivity contribution in [2.75, 3.05) is 19.7 Å². The largest absolute Gasteiger partial charge is 0.484 e. The van der Waals surface area contributed by atoms with E-state index in [0.717, 1.165) is 35.3 Å². The van der Waals surface area contributed by atoms with Crippen molar-refractivity contribution in [3.8, 4) is 5.75 Å². The van der Waals surface area contributed by atoms with Crippen LogP contribution >= 0.6 is 35.0 Å². The first-order chi connectivity index (χ1) is 8.65. The molecule has 1 fully saturated rings. The van der Waals surface area contributed by atoms with Gasteiger partial charge in [0.05, 0.1) is 0 Å². The van der Waals surface area contributed by atoms with Crippen LogP contribution in [0.25, 0.3) is 0 Å². The number of amides is 1. The molecule has 2 rings (SSSR count). The standard InChI is InChI=1S/C13H17IN2O2.ClH/c14-10-1-3-12(4-2-10)18-9-13(17)16-7-5-11(15)6-8-16;/h1-4,11H,5-9,15H2;1H. The number of ether oxygens (including phenoxy) is 1. The van der Waals surface area contributed by atoms with Crippen molar-refractivity contribution in [1.82, 2.24) is 4.90 Å². The Morgan fingerprint density at radius 2 is 1.89 bits per heavy atom. The van der Waals surface area contributed by atoms with E-state index in [9.17, 15) is 4.79 Å². The third kappa shape index (κ3) is 5.16. The predicted molar refractivity (Wildman–Crippen MR) is 85.7 cm³/mol. The summed E-state index contributed by atoms with van der Waals surface area (Å²) in [5.41, 5.74) is 5.81. The molecule has 106 valence electrons. The van der Waals surface area contributed by atoms with E-state index in [4.69, 9.17) is 10.5 Å². The van der Waals surface area contributed by atoms with Gasteiger partial charge in [-0.25, -0.2) is 0 Å². The zero-order valence-electron chi connectivity index (χ0n) is 10.5. The minimum Gasteiger partial charge on any atom is -0.484 e. The molecule has 19 heavy (non-hydrogen) atoms. The zero-order valence-corrected chi connectivity index (χ0v) is 13.5. The summed E-state index contributed by atoms with van der Waals surface area (Å²) in [5, 5.41) is 0. The van der Waals surface area contributed by atoms with E-state index in [1.807, 2.05) is 29.2 Å². The van der Waals surface area contributed by atoms with Gasteiger partial charge < -0.3 is 15.4 Å². The molecule has 0 spiro atoms. The molecule has 1 heterocycles. The van der Waals surface area contributed by atoms with Crippen molar-refractivity contribution in [2.45, 2.75) is 18.9 Å². The van der Waals surface area contributed by atoms with Gasteiger partial charge in [-0.05, 0) is 59.7 Å². The number of hydrogen-bond acceptors (Lipinski definition) is 3. The highest BCUT2D eigenvalue weighted by molar-refractivity contribution is 14.1. The molecule has 1 aliphatic heterocycles. The summed E-state index contributed by atoms with van der Waals surface area (Å²) in [7, 11) is 0. The monoisotopic (exact) mass is 396 g/mol. The van der Waals surface area contributed by atoms with Crippen LogP contribution in [0.4, 0.5) is 0 Å². The quantitative estimate of drug-likeness (QED) is 0.796. The lowest BCUT2D eigenvalue weighted by Gasteiger charge is -2.30. The number of benzene rings is 1. The van der Waals surface area contributed by atoms with Crippen LogP contribution < -0.4 is 10.5 Å². The SMILES string of the molecule is Cl.NC1CCN(C(=O)COc2ccc(I)cc2)CC1. The van der Waals surface area contributed by atoms with Crippen LogP contribution in [0.2, 0.25) is 0 Å². The van der Waals surface area contributed by atoms with Gasteiger partial charge in [0, 0.05) is 22.7 Å². The van der Waals surface area contributed by atoms with Gasteiger partial charge in [-0.2, -0.15) is 0 Å². The van der Waals surface area contributed by atoms with E-state index in [1.165, 1.54) is 0 Å². The van der Waals surface area contributed by atoms with E-state index < -0.39 is 0 Å². The Kier molecular flexibility index (Phi) is 6.88. The van der Waals surface area contributed by atoms with Gasteiger partial charge in [0.1, 0.15) is 5.75 Å². The van der Waals surface area contributed by atoms with Crippen LogP contribution in [-0.2, 0) is 4.79 Å². The van der Waals surface area contributed by atoms with E-state index >= 15 is 0 Å². The highest BCUT2D eigenvalue weighted by Gasteiger charge is 2.20. The number of carbonyl (C=O) groups excluding carboxylic acids is 1. The molecule has 2 N–H and O–H groups in total. The second-order valence-electron chi connectivity index (χ2n) is 4.46. The van der Waals surface area contributed by atoms with Crippen molar-refractivity contribution in [3.05, 3.63) is 27.8 Å². The lowest BCUT2D eigenvalue weighted by Crippen LogP contribution is -2.44. The van der Waals surface area contributed by atoms with Crippen LogP contribution in [0.3, 0.4) is 0 Å². The molecule has 0 unspecified atom stereocenters. The summed E-state index contributed by atoms with van der Waals surface area (Å²) in [5.74, 6) is 0.776. The van der Waals surface area contributed by atoms with E-state index in [-0.39, 0.29) is 31.0 Å². The van der Waals surface area contributed by atoms with Crippen molar-refractivity contribution >= 4 is 40.9 Å². The van der Waals surface area contributed by atoms with Crippen LogP contribution in [0.1, 0.15) is 12.8 Å². The maximum absolute atomic E-state index is 11.9. The molecule has 6 heteroatoms. The molecule has 1 saturated heterocycles. The molecule has 1 amide bonds. The first-order valence-electron chi connectivity index (χ1n) is 6.07. The summed E-state index contributed by atoms with van der Waals surface area (Å²) in [6.45, 7) is 1.60. The van der Waals surface area contributed by atoms with Crippen molar-refractivity contribution in [1.29, 1.82) is 0 Å². The smallest absolute Gasteiger partial charge is 0.260 e. The summed E-state index contributed by atoms with van der Waals surface area (Å²) in [6, 6.07) is 7.91. The third-order valence-corrected chi connectivity index (χ3v) is 3.79. The van der Waals surface area contributed by atoms with Gasteiger partial charge in [0.2, 0.25) is 0 Å². The van der Waals surface area contributed by atoms with Gasteiger partial charge in [0.25, 0.3) is 5.91 Å². The predicted octanol–water partition coefficient (Wildman–Crippen LogP) is 2.04. The Labute approximate surface area is 133 Å². The van der Waals surface area contributed by atoms with Gasteiger partial charge in [-0.15, -0.1) is 12.4 Å². The molecule has 1 aliphatic rings. The van der Waals surface area contributed by atoms with Gasteiger partial charge in [-0.3, -0.25) is 4.79 Å². The van der Waals surface area contributed by atoms with E-state index in [2.05, 4.69) is 22.6 Å². The summed E-state index contributed by atoms with van der Waals surface area (Å²) in [6.07, 6.45) is 1.77. The van der Waals surface area contributed by atoms with Gasteiger partial charge >= 0.3 is 0 Å². The molecule has 0 atom stereocenters. The molecule has 1 aromatic rings. The topological polar surface area (TPSA) is 55.6 Å². The second-order valence-corrected chi connectivity index (χ2v) is 5.71. The Hall–Kier alpha value is -0.530. The van der Waals surface area contributed by atoms with Crippen LogP contribution in [0, 0.1) is 3.57 Å². The molecule has 4 nitrogen and oxygen atoms in total. The Morgan fingerprint density at radius 3 is 2.47 bits per heavy atom. The first-order valence-corrected chi connectivity index (χ1v) is 7.15. The van der Waals surface area contributed by atoms with Gasteiger partial charge in [0.15, 0.2) is 6.61 Å². The molecule has 0 aromatic heterocycles. The highest BCUT2D eigenvalue weighted by atomic mass is 127. The number of carbonyl (C=O) groups is 1. The molecule has 0 aliphatic carbocycles. The normalized spacial score (nSPS) is 15.8. The Bertz CT molecular complexity index is 406. The maximum Gasteiger partial charge on any atom is 0.260 e. The fourth-order valence-corrected chi connectivity index (χ4v) is 2.28. The molecule has 0 radical (unpaired) electrons. The Balaban J connectivity index is 0.00000180. The average Bonchev–Trinajstić information content (AvgIpc) is 2.38. The first kappa shape index (κ1) is 16.5. The Morgan fingerprint density at radius 1 is 1.32 bits per heavy atom. The summed E-state index contributed by atoms with van der Waals surface area (Å²) >= 11 is 2.23.